The van der Waals surface area contributed by atoms with E-state index >= 15 is 0 Å². The van der Waals surface area contributed by atoms with Crippen molar-refractivity contribution in [1.29, 1.82) is 0 Å². The van der Waals surface area contributed by atoms with Crippen LogP contribution in [-0.4, -0.2) is 73.8 Å². The summed E-state index contributed by atoms with van der Waals surface area (Å²) in [5.74, 6) is -0.454. The number of amides is 1. The van der Waals surface area contributed by atoms with Crippen molar-refractivity contribution in [2.24, 2.45) is 0 Å². The minimum Gasteiger partial charge on any atom is -0.484 e. The molecule has 2 aliphatic heterocycles. The maximum atomic E-state index is 13.5. The Morgan fingerprint density at radius 1 is 1.29 bits per heavy atom. The van der Waals surface area contributed by atoms with Crippen molar-refractivity contribution < 1.29 is 18.7 Å². The van der Waals surface area contributed by atoms with Gasteiger partial charge in [0.2, 0.25) is 0 Å². The molecule has 3 aliphatic carbocycles. The van der Waals surface area contributed by atoms with E-state index in [1.54, 1.807) is 6.07 Å². The highest BCUT2D eigenvalue weighted by Crippen LogP contribution is 2.60. The van der Waals surface area contributed by atoms with Gasteiger partial charge in [0.05, 0.1) is 24.4 Å². The van der Waals surface area contributed by atoms with E-state index in [-0.39, 0.29) is 41.1 Å². The van der Waals surface area contributed by atoms with Crippen LogP contribution in [0.2, 0.25) is 5.02 Å². The summed E-state index contributed by atoms with van der Waals surface area (Å²) in [6, 6.07) is 4.15. The Balaban J connectivity index is 1.05. The largest absolute Gasteiger partial charge is 0.484 e. The molecular formula is C21H29ClFN5O3. The first-order valence-electron chi connectivity index (χ1n) is 10.9. The van der Waals surface area contributed by atoms with Crippen molar-refractivity contribution in [2.75, 3.05) is 39.5 Å². The molecule has 2 bridgehead atoms. The van der Waals surface area contributed by atoms with E-state index in [1.165, 1.54) is 12.1 Å². The number of nitrogens with one attached hydrogen (secondary N) is 4. The summed E-state index contributed by atoms with van der Waals surface area (Å²) >= 11 is 5.66. The van der Waals surface area contributed by atoms with Crippen LogP contribution in [0.1, 0.15) is 25.7 Å². The number of ether oxygens (including phenoxy) is 2. The summed E-state index contributed by atoms with van der Waals surface area (Å²) in [5, 5.41) is 14.1. The number of morpholine rings is 1. The van der Waals surface area contributed by atoms with Crippen LogP contribution in [0.25, 0.3) is 0 Å². The van der Waals surface area contributed by atoms with Crippen LogP contribution in [0.4, 0.5) is 4.39 Å². The van der Waals surface area contributed by atoms with Crippen LogP contribution in [0.5, 0.6) is 5.75 Å². The minimum absolute atomic E-state index is 0.0305. The second-order valence-electron chi connectivity index (χ2n) is 9.16. The highest BCUT2D eigenvalue weighted by molar-refractivity contribution is 6.30. The summed E-state index contributed by atoms with van der Waals surface area (Å²) < 4.78 is 24.3. The SMILES string of the molecule is O=C(COc1ccc(Cl)c(F)c1)NC12CC(NC3CCNC(N4CCOCC4)N3)(C1)C2. The van der Waals surface area contributed by atoms with Gasteiger partial charge < -0.3 is 14.8 Å². The smallest absolute Gasteiger partial charge is 0.258 e. The van der Waals surface area contributed by atoms with Gasteiger partial charge in [-0.05, 0) is 37.8 Å². The first-order chi connectivity index (χ1) is 14.9. The molecule has 2 heterocycles. The van der Waals surface area contributed by atoms with Crippen molar-refractivity contribution in [2.45, 2.75) is 49.2 Å². The molecule has 6 rings (SSSR count). The van der Waals surface area contributed by atoms with Crippen LogP contribution >= 0.6 is 11.6 Å². The summed E-state index contributed by atoms with van der Waals surface area (Å²) in [4.78, 5) is 14.7. The summed E-state index contributed by atoms with van der Waals surface area (Å²) in [6.07, 6.45) is 4.23. The third-order valence-corrected chi connectivity index (χ3v) is 7.02. The lowest BCUT2D eigenvalue weighted by atomic mass is 9.44. The quantitative estimate of drug-likeness (QED) is 0.485. The summed E-state index contributed by atoms with van der Waals surface area (Å²) in [7, 11) is 0. The van der Waals surface area contributed by atoms with Gasteiger partial charge in [-0.25, -0.2) is 4.39 Å². The second-order valence-corrected chi connectivity index (χ2v) is 9.57. The molecule has 4 N–H and O–H groups in total. The lowest BCUT2D eigenvalue weighted by Gasteiger charge is -2.71. The highest BCUT2D eigenvalue weighted by atomic mass is 35.5. The highest BCUT2D eigenvalue weighted by Gasteiger charge is 2.68. The lowest BCUT2D eigenvalue weighted by Crippen LogP contribution is -2.85. The standard InChI is InChI=1S/C21H29ClFN5O3/c22-15-2-1-14(9-16(15)23)31-10-18(29)27-21-11-20(12-21,13-21)26-17-3-4-24-19(25-17)28-5-7-30-8-6-28/h1-2,9,17,19,24-26H,3-8,10-13H2,(H,27,29). The van der Waals surface area contributed by atoms with E-state index in [0.717, 1.165) is 58.5 Å². The Hall–Kier alpha value is -1.49. The third kappa shape index (κ3) is 4.53. The van der Waals surface area contributed by atoms with Crippen molar-refractivity contribution in [1.82, 2.24) is 26.2 Å². The molecule has 1 amide bonds. The Labute approximate surface area is 186 Å². The predicted molar refractivity (Wildman–Crippen MR) is 113 cm³/mol. The average Bonchev–Trinajstić information content (AvgIpc) is 2.73. The van der Waals surface area contributed by atoms with Gasteiger partial charge in [-0.3, -0.25) is 25.6 Å². The number of benzene rings is 1. The van der Waals surface area contributed by atoms with Gasteiger partial charge in [0.25, 0.3) is 5.91 Å². The number of nitrogens with zero attached hydrogens (tertiary/aromatic N) is 1. The molecule has 0 spiro atoms. The maximum absolute atomic E-state index is 13.5. The summed E-state index contributed by atoms with van der Waals surface area (Å²) in [5.41, 5.74) is -0.0206. The van der Waals surface area contributed by atoms with E-state index < -0.39 is 5.82 Å². The van der Waals surface area contributed by atoms with Gasteiger partial charge in [0.15, 0.2) is 6.61 Å². The van der Waals surface area contributed by atoms with E-state index in [9.17, 15) is 9.18 Å². The Kier molecular flexibility index (Phi) is 5.83. The molecule has 3 saturated carbocycles. The van der Waals surface area contributed by atoms with Crippen LogP contribution < -0.4 is 26.0 Å². The first kappa shape index (κ1) is 21.4. The normalized spacial score (nSPS) is 35.0. The van der Waals surface area contributed by atoms with Gasteiger partial charge in [-0.2, -0.15) is 0 Å². The Morgan fingerprint density at radius 2 is 2.06 bits per heavy atom. The minimum atomic E-state index is -0.561. The zero-order valence-corrected chi connectivity index (χ0v) is 18.1. The molecule has 8 nitrogen and oxygen atoms in total. The molecule has 31 heavy (non-hydrogen) atoms. The fraction of sp³-hybridized carbons (Fsp3) is 0.667. The van der Waals surface area contributed by atoms with Crippen molar-refractivity contribution in [3.63, 3.8) is 0 Å². The zero-order chi connectivity index (χ0) is 21.5. The predicted octanol–water partition coefficient (Wildman–Crippen LogP) is 0.764. The fourth-order valence-electron chi connectivity index (χ4n) is 5.37. The van der Waals surface area contributed by atoms with Gasteiger partial charge in [-0.15, -0.1) is 0 Å². The number of rotatable bonds is 7. The molecule has 170 valence electrons. The molecule has 5 aliphatic rings. The number of hydrogen-bond acceptors (Lipinski definition) is 7. The van der Waals surface area contributed by atoms with Crippen LogP contribution in [0.15, 0.2) is 18.2 Å². The molecule has 2 saturated heterocycles. The monoisotopic (exact) mass is 453 g/mol. The fourth-order valence-corrected chi connectivity index (χ4v) is 5.49. The molecule has 1 aromatic carbocycles. The number of hydrogen-bond donors (Lipinski definition) is 4. The average molecular weight is 454 g/mol. The van der Waals surface area contributed by atoms with Gasteiger partial charge in [0, 0.05) is 36.8 Å². The molecule has 5 fully saturated rings. The maximum Gasteiger partial charge on any atom is 0.258 e. The van der Waals surface area contributed by atoms with Gasteiger partial charge in [-0.1, -0.05) is 11.6 Å². The topological polar surface area (TPSA) is 86.9 Å². The molecule has 2 atom stereocenters. The molecule has 10 heteroatoms. The van der Waals surface area contributed by atoms with Crippen LogP contribution in [-0.2, 0) is 9.53 Å². The number of halogens is 2. The number of carbonyl (C=O) groups is 1. The van der Waals surface area contributed by atoms with Gasteiger partial charge in [0.1, 0.15) is 17.9 Å². The van der Waals surface area contributed by atoms with E-state index in [0.29, 0.717) is 5.75 Å². The molecule has 2 unspecified atom stereocenters. The van der Waals surface area contributed by atoms with Crippen LogP contribution in [0.3, 0.4) is 0 Å². The zero-order valence-electron chi connectivity index (χ0n) is 17.4. The van der Waals surface area contributed by atoms with E-state index in [4.69, 9.17) is 21.1 Å². The van der Waals surface area contributed by atoms with Crippen LogP contribution in [0, 0.1) is 5.82 Å². The number of carbonyl (C=O) groups excluding carboxylic acids is 1. The molecular weight excluding hydrogens is 425 g/mol. The Morgan fingerprint density at radius 3 is 2.81 bits per heavy atom. The van der Waals surface area contributed by atoms with Crippen molar-refractivity contribution in [3.8, 4) is 5.75 Å². The first-order valence-corrected chi connectivity index (χ1v) is 11.3. The molecule has 1 aromatic rings. The van der Waals surface area contributed by atoms with Crippen molar-refractivity contribution >= 4 is 17.5 Å². The molecule has 0 radical (unpaired) electrons. The van der Waals surface area contributed by atoms with Crippen molar-refractivity contribution in [3.05, 3.63) is 29.0 Å². The summed E-state index contributed by atoms with van der Waals surface area (Å²) in [6.45, 7) is 4.25. The third-order valence-electron chi connectivity index (χ3n) is 6.72. The lowest BCUT2D eigenvalue weighted by molar-refractivity contribution is -0.146. The second kappa shape index (κ2) is 8.46. The van der Waals surface area contributed by atoms with E-state index in [1.807, 2.05) is 0 Å². The Bertz CT molecular complexity index is 817. The van der Waals surface area contributed by atoms with Gasteiger partial charge >= 0.3 is 0 Å². The van der Waals surface area contributed by atoms with E-state index in [2.05, 4.69) is 26.2 Å². The molecule has 0 aromatic heterocycles.